The van der Waals surface area contributed by atoms with Crippen LogP contribution in [0.15, 0.2) is 101 Å². The van der Waals surface area contributed by atoms with Gasteiger partial charge in [-0.2, -0.15) is 0 Å². The summed E-state index contributed by atoms with van der Waals surface area (Å²) in [6.45, 7) is 0. The van der Waals surface area contributed by atoms with Gasteiger partial charge in [-0.1, -0.05) is 96.2 Å². The summed E-state index contributed by atoms with van der Waals surface area (Å²) in [5, 5.41) is 0.824. The van der Waals surface area contributed by atoms with Crippen molar-refractivity contribution in [2.45, 2.75) is 15.2 Å². The van der Waals surface area contributed by atoms with Gasteiger partial charge in [-0.25, -0.2) is 0 Å². The fourth-order valence-electron chi connectivity index (χ4n) is 4.86. The maximum absolute atomic E-state index is 6.75. The average Bonchev–Trinajstić information content (AvgIpc) is 3.01. The Morgan fingerprint density at radius 1 is 0.556 bits per heavy atom. The van der Waals surface area contributed by atoms with E-state index in [1.165, 1.54) is 43.2 Å². The third kappa shape index (κ3) is 1.86. The summed E-state index contributed by atoms with van der Waals surface area (Å²) in [6.07, 6.45) is 0. The Kier molecular flexibility index (Phi) is 3.18. The van der Waals surface area contributed by atoms with Gasteiger partial charge in [0.2, 0.25) is 0 Å². The molecule has 4 aromatic carbocycles. The third-order valence-corrected chi connectivity index (χ3v) is 7.29. The number of halogens is 1. The summed E-state index contributed by atoms with van der Waals surface area (Å²) in [6, 6.07) is 32.7. The van der Waals surface area contributed by atoms with E-state index in [4.69, 9.17) is 11.6 Å². The van der Waals surface area contributed by atoms with Crippen LogP contribution in [0, 0.1) is 0 Å². The van der Waals surface area contributed by atoms with Crippen molar-refractivity contribution in [2.75, 3.05) is 0 Å². The zero-order chi connectivity index (χ0) is 18.0. The van der Waals surface area contributed by atoms with Gasteiger partial charge in [0.25, 0.3) is 0 Å². The standard InChI is InChI=1S/C25H15ClS/c26-21-13-7-12-20-24(21)16-8-1-2-9-17(16)25(20)18-10-3-5-14-22(18)27-23-15-6-4-11-19(23)25/h1-15H. The van der Waals surface area contributed by atoms with Crippen molar-refractivity contribution in [1.29, 1.82) is 0 Å². The smallest absolute Gasteiger partial charge is 0.0735 e. The minimum atomic E-state index is -0.310. The molecule has 1 spiro atoms. The van der Waals surface area contributed by atoms with Gasteiger partial charge in [0.15, 0.2) is 0 Å². The van der Waals surface area contributed by atoms with Crippen LogP contribution in [0.1, 0.15) is 22.3 Å². The Labute approximate surface area is 167 Å². The lowest BCUT2D eigenvalue weighted by molar-refractivity contribution is 0.722. The highest BCUT2D eigenvalue weighted by Gasteiger charge is 2.50. The van der Waals surface area contributed by atoms with Crippen molar-refractivity contribution in [1.82, 2.24) is 0 Å². The van der Waals surface area contributed by atoms with E-state index in [0.717, 1.165) is 5.02 Å². The van der Waals surface area contributed by atoms with Crippen molar-refractivity contribution < 1.29 is 0 Å². The lowest BCUT2D eigenvalue weighted by Gasteiger charge is -2.39. The monoisotopic (exact) mass is 382 g/mol. The zero-order valence-electron chi connectivity index (χ0n) is 14.4. The Balaban J connectivity index is 1.88. The van der Waals surface area contributed by atoms with Crippen LogP contribution in [0.25, 0.3) is 11.1 Å². The molecule has 0 saturated heterocycles. The van der Waals surface area contributed by atoms with Gasteiger partial charge < -0.3 is 0 Å². The maximum Gasteiger partial charge on any atom is 0.0735 e. The topological polar surface area (TPSA) is 0 Å². The van der Waals surface area contributed by atoms with E-state index in [9.17, 15) is 0 Å². The van der Waals surface area contributed by atoms with Crippen molar-refractivity contribution >= 4 is 23.4 Å². The Bertz CT molecular complexity index is 1180. The second-order valence-corrected chi connectivity index (χ2v) is 8.54. The predicted octanol–water partition coefficient (Wildman–Crippen LogP) is 7.17. The highest BCUT2D eigenvalue weighted by atomic mass is 35.5. The summed E-state index contributed by atoms with van der Waals surface area (Å²) in [4.78, 5) is 2.64. The van der Waals surface area contributed by atoms with E-state index in [-0.39, 0.29) is 5.41 Å². The second kappa shape index (κ2) is 5.51. The van der Waals surface area contributed by atoms with E-state index < -0.39 is 0 Å². The van der Waals surface area contributed by atoms with Crippen molar-refractivity contribution in [3.05, 3.63) is 118 Å². The lowest BCUT2D eigenvalue weighted by atomic mass is 9.67. The molecule has 0 bridgehead atoms. The van der Waals surface area contributed by atoms with Gasteiger partial charge in [0.05, 0.1) is 5.41 Å². The van der Waals surface area contributed by atoms with E-state index in [0.29, 0.717) is 0 Å². The molecule has 1 aliphatic carbocycles. The van der Waals surface area contributed by atoms with E-state index in [1.54, 1.807) is 0 Å². The number of benzene rings is 4. The SMILES string of the molecule is Clc1cccc2c1-c1ccccc1C21c2ccccc2Sc2ccccc21. The van der Waals surface area contributed by atoms with Gasteiger partial charge in [-0.05, 0) is 46.0 Å². The minimum absolute atomic E-state index is 0.310. The molecule has 1 aliphatic heterocycles. The summed E-state index contributed by atoms with van der Waals surface area (Å²) in [7, 11) is 0. The van der Waals surface area contributed by atoms with E-state index >= 15 is 0 Å². The third-order valence-electron chi connectivity index (χ3n) is 5.82. The molecule has 0 nitrogen and oxygen atoms in total. The average molecular weight is 383 g/mol. The first-order chi connectivity index (χ1) is 13.3. The molecule has 0 aromatic heterocycles. The summed E-state index contributed by atoms with van der Waals surface area (Å²) >= 11 is 8.61. The van der Waals surface area contributed by atoms with Gasteiger partial charge in [0.1, 0.15) is 0 Å². The molecular formula is C25H15ClS. The van der Waals surface area contributed by atoms with Crippen molar-refractivity contribution in [3.63, 3.8) is 0 Å². The molecule has 6 rings (SSSR count). The molecule has 1 heterocycles. The quantitative estimate of drug-likeness (QED) is 0.268. The van der Waals surface area contributed by atoms with Gasteiger partial charge in [-0.3, -0.25) is 0 Å². The molecule has 128 valence electrons. The molecule has 27 heavy (non-hydrogen) atoms. The molecule has 4 aromatic rings. The first-order valence-corrected chi connectivity index (χ1v) is 10.3. The van der Waals surface area contributed by atoms with Crippen molar-refractivity contribution in [3.8, 4) is 11.1 Å². The van der Waals surface area contributed by atoms with Crippen LogP contribution < -0.4 is 0 Å². The highest BCUT2D eigenvalue weighted by molar-refractivity contribution is 7.99. The van der Waals surface area contributed by atoms with Gasteiger partial charge >= 0.3 is 0 Å². The Morgan fingerprint density at radius 2 is 1.11 bits per heavy atom. The van der Waals surface area contributed by atoms with Crippen LogP contribution in [-0.4, -0.2) is 0 Å². The molecule has 2 heteroatoms. The van der Waals surface area contributed by atoms with E-state index in [2.05, 4.69) is 84.9 Å². The molecule has 0 unspecified atom stereocenters. The van der Waals surface area contributed by atoms with E-state index in [1.807, 2.05) is 17.8 Å². The van der Waals surface area contributed by atoms with Crippen LogP contribution in [0.2, 0.25) is 5.02 Å². The lowest BCUT2D eigenvalue weighted by Crippen LogP contribution is -2.31. The minimum Gasteiger partial charge on any atom is -0.0894 e. The van der Waals surface area contributed by atoms with Gasteiger partial charge in [0, 0.05) is 20.4 Å². The van der Waals surface area contributed by atoms with Crippen LogP contribution in [-0.2, 0) is 5.41 Å². The second-order valence-electron chi connectivity index (χ2n) is 7.05. The Hall–Kier alpha value is -2.48. The normalized spacial score (nSPS) is 15.0. The summed E-state index contributed by atoms with van der Waals surface area (Å²) in [5.74, 6) is 0. The fourth-order valence-corrected chi connectivity index (χ4v) is 6.33. The fraction of sp³-hybridized carbons (Fsp3) is 0.0400. The largest absolute Gasteiger partial charge is 0.0894 e. The molecule has 0 N–H and O–H groups in total. The first-order valence-electron chi connectivity index (χ1n) is 9.07. The number of rotatable bonds is 0. The number of hydrogen-bond acceptors (Lipinski definition) is 1. The van der Waals surface area contributed by atoms with Crippen LogP contribution >= 0.6 is 23.4 Å². The molecule has 0 atom stereocenters. The van der Waals surface area contributed by atoms with Crippen LogP contribution in [0.3, 0.4) is 0 Å². The summed E-state index contributed by atoms with van der Waals surface area (Å²) < 4.78 is 0. The highest BCUT2D eigenvalue weighted by Crippen LogP contribution is 2.62. The molecule has 2 aliphatic rings. The van der Waals surface area contributed by atoms with Crippen LogP contribution in [0.5, 0.6) is 0 Å². The maximum atomic E-state index is 6.75. The van der Waals surface area contributed by atoms with Gasteiger partial charge in [-0.15, -0.1) is 0 Å². The molecule has 0 saturated carbocycles. The number of fused-ring (bicyclic) bond motifs is 9. The van der Waals surface area contributed by atoms with Crippen molar-refractivity contribution in [2.24, 2.45) is 0 Å². The molecule has 0 amide bonds. The Morgan fingerprint density at radius 3 is 1.81 bits per heavy atom. The molecule has 0 fully saturated rings. The summed E-state index contributed by atoms with van der Waals surface area (Å²) in [5.41, 5.74) is 7.42. The molecular weight excluding hydrogens is 368 g/mol. The number of hydrogen-bond donors (Lipinski definition) is 0. The predicted molar refractivity (Wildman–Crippen MR) is 113 cm³/mol. The van der Waals surface area contributed by atoms with Crippen LogP contribution in [0.4, 0.5) is 0 Å². The first kappa shape index (κ1) is 15.6. The zero-order valence-corrected chi connectivity index (χ0v) is 16.0. The molecule has 0 radical (unpaired) electrons.